The normalized spacial score (nSPS) is 10.3. The van der Waals surface area contributed by atoms with Gasteiger partial charge in [-0.2, -0.15) is 0 Å². The number of aromatic carboxylic acids is 1. The molecule has 0 unspecified atom stereocenters. The maximum atomic E-state index is 11.2. The number of halogens is 1. The first-order chi connectivity index (χ1) is 8.97. The smallest absolute Gasteiger partial charge is 0.337 e. The highest BCUT2D eigenvalue weighted by Crippen LogP contribution is 2.24. The lowest BCUT2D eigenvalue weighted by Crippen LogP contribution is -2.03. The van der Waals surface area contributed by atoms with Crippen LogP contribution in [0.1, 0.15) is 21.5 Å². The summed E-state index contributed by atoms with van der Waals surface area (Å²) >= 11 is 3.33. The summed E-state index contributed by atoms with van der Waals surface area (Å²) in [6.07, 6.45) is 1.66. The summed E-state index contributed by atoms with van der Waals surface area (Å²) in [6, 6.07) is 7.18. The predicted molar refractivity (Wildman–Crippen MR) is 78.1 cm³/mol. The zero-order valence-electron chi connectivity index (χ0n) is 10.6. The van der Waals surface area contributed by atoms with E-state index in [0.29, 0.717) is 5.69 Å². The van der Waals surface area contributed by atoms with E-state index >= 15 is 0 Å². The molecular formula is C14H13BrN2O2. The van der Waals surface area contributed by atoms with E-state index in [2.05, 4.69) is 26.2 Å². The van der Waals surface area contributed by atoms with Crippen LogP contribution in [-0.2, 0) is 0 Å². The largest absolute Gasteiger partial charge is 0.478 e. The number of aryl methyl sites for hydroxylation is 2. The van der Waals surface area contributed by atoms with Crippen molar-refractivity contribution in [3.8, 4) is 0 Å². The SMILES string of the molecule is Cc1ccc(Nc2cnc(Br)c(C)c2)c(C(=O)O)c1. The van der Waals surface area contributed by atoms with Gasteiger partial charge in [-0.3, -0.25) is 0 Å². The van der Waals surface area contributed by atoms with Gasteiger partial charge in [0.15, 0.2) is 0 Å². The van der Waals surface area contributed by atoms with E-state index < -0.39 is 5.97 Å². The van der Waals surface area contributed by atoms with Crippen molar-refractivity contribution in [3.05, 3.63) is 51.8 Å². The zero-order chi connectivity index (χ0) is 14.0. The molecule has 0 bridgehead atoms. The van der Waals surface area contributed by atoms with E-state index in [9.17, 15) is 9.90 Å². The summed E-state index contributed by atoms with van der Waals surface area (Å²) in [7, 11) is 0. The molecule has 2 aromatic rings. The molecule has 0 spiro atoms. The van der Waals surface area contributed by atoms with Crippen molar-refractivity contribution in [2.24, 2.45) is 0 Å². The average Bonchev–Trinajstić information content (AvgIpc) is 2.36. The van der Waals surface area contributed by atoms with Gasteiger partial charge in [0, 0.05) is 0 Å². The second-order valence-electron chi connectivity index (χ2n) is 4.31. The third kappa shape index (κ3) is 3.12. The molecule has 1 aromatic heterocycles. The molecule has 4 nitrogen and oxygen atoms in total. The topological polar surface area (TPSA) is 62.2 Å². The molecule has 0 saturated carbocycles. The van der Waals surface area contributed by atoms with Crippen LogP contribution < -0.4 is 5.32 Å². The molecule has 1 heterocycles. The number of nitrogens with one attached hydrogen (secondary N) is 1. The number of hydrogen-bond donors (Lipinski definition) is 2. The predicted octanol–water partition coefficient (Wildman–Crippen LogP) is 3.90. The number of pyridine rings is 1. The van der Waals surface area contributed by atoms with Gasteiger partial charge in [0.2, 0.25) is 0 Å². The Hall–Kier alpha value is -1.88. The van der Waals surface area contributed by atoms with Crippen LogP contribution in [0.2, 0.25) is 0 Å². The first-order valence-corrected chi connectivity index (χ1v) is 6.50. The van der Waals surface area contributed by atoms with E-state index in [-0.39, 0.29) is 5.56 Å². The second-order valence-corrected chi connectivity index (χ2v) is 5.06. The van der Waals surface area contributed by atoms with Gasteiger partial charge in [0.25, 0.3) is 0 Å². The second kappa shape index (κ2) is 5.40. The summed E-state index contributed by atoms with van der Waals surface area (Å²) in [4.78, 5) is 15.4. The van der Waals surface area contributed by atoms with Crippen molar-refractivity contribution in [2.75, 3.05) is 5.32 Å². The Labute approximate surface area is 119 Å². The van der Waals surface area contributed by atoms with Crippen LogP contribution in [0, 0.1) is 13.8 Å². The van der Waals surface area contributed by atoms with Crippen molar-refractivity contribution in [1.29, 1.82) is 0 Å². The molecule has 0 aliphatic rings. The third-order valence-electron chi connectivity index (χ3n) is 2.70. The van der Waals surface area contributed by atoms with E-state index in [1.165, 1.54) is 0 Å². The fourth-order valence-electron chi connectivity index (χ4n) is 1.73. The average molecular weight is 321 g/mol. The number of anilines is 2. The summed E-state index contributed by atoms with van der Waals surface area (Å²) in [5.41, 5.74) is 3.45. The fourth-order valence-corrected chi connectivity index (χ4v) is 1.94. The summed E-state index contributed by atoms with van der Waals surface area (Å²) < 4.78 is 0.778. The lowest BCUT2D eigenvalue weighted by atomic mass is 10.1. The highest BCUT2D eigenvalue weighted by Gasteiger charge is 2.10. The maximum Gasteiger partial charge on any atom is 0.337 e. The first-order valence-electron chi connectivity index (χ1n) is 5.70. The molecule has 0 saturated heterocycles. The Bertz CT molecular complexity index is 641. The third-order valence-corrected chi connectivity index (χ3v) is 3.53. The van der Waals surface area contributed by atoms with Crippen LogP contribution >= 0.6 is 15.9 Å². The number of rotatable bonds is 3. The number of carboxylic acids is 1. The number of benzene rings is 1. The Morgan fingerprint density at radius 3 is 2.68 bits per heavy atom. The molecule has 0 aliphatic heterocycles. The summed E-state index contributed by atoms with van der Waals surface area (Å²) in [6.45, 7) is 3.79. The van der Waals surface area contributed by atoms with Crippen molar-refractivity contribution >= 4 is 33.3 Å². The minimum Gasteiger partial charge on any atom is -0.478 e. The van der Waals surface area contributed by atoms with Crippen molar-refractivity contribution in [3.63, 3.8) is 0 Å². The van der Waals surface area contributed by atoms with E-state index in [1.54, 1.807) is 18.3 Å². The minimum absolute atomic E-state index is 0.251. The van der Waals surface area contributed by atoms with Crippen LogP contribution in [0.5, 0.6) is 0 Å². The lowest BCUT2D eigenvalue weighted by molar-refractivity contribution is 0.0698. The van der Waals surface area contributed by atoms with Gasteiger partial charge in [-0.05, 0) is 53.5 Å². The number of hydrogen-bond acceptors (Lipinski definition) is 3. The standard InChI is InChI=1S/C14H13BrN2O2/c1-8-3-4-12(11(5-8)14(18)19)17-10-6-9(2)13(15)16-7-10/h3-7,17H,1-2H3,(H,18,19). The summed E-state index contributed by atoms with van der Waals surface area (Å²) in [5.74, 6) is -0.951. The van der Waals surface area contributed by atoms with E-state index in [0.717, 1.165) is 21.4 Å². The molecule has 0 fully saturated rings. The number of carbonyl (C=O) groups is 1. The highest BCUT2D eigenvalue weighted by molar-refractivity contribution is 9.10. The van der Waals surface area contributed by atoms with Crippen LogP contribution in [0.3, 0.4) is 0 Å². The first kappa shape index (κ1) is 13.5. The monoisotopic (exact) mass is 320 g/mol. The van der Waals surface area contributed by atoms with Crippen LogP contribution in [0.15, 0.2) is 35.1 Å². The Kier molecular flexibility index (Phi) is 3.85. The Morgan fingerprint density at radius 1 is 1.32 bits per heavy atom. The maximum absolute atomic E-state index is 11.2. The molecule has 2 N–H and O–H groups in total. The Morgan fingerprint density at radius 2 is 2.05 bits per heavy atom. The molecule has 5 heteroatoms. The molecule has 0 aliphatic carbocycles. The quantitative estimate of drug-likeness (QED) is 0.842. The van der Waals surface area contributed by atoms with Crippen molar-refractivity contribution in [1.82, 2.24) is 4.98 Å². The molecule has 98 valence electrons. The molecule has 0 atom stereocenters. The van der Waals surface area contributed by atoms with Crippen LogP contribution in [0.25, 0.3) is 0 Å². The molecule has 19 heavy (non-hydrogen) atoms. The van der Waals surface area contributed by atoms with Gasteiger partial charge >= 0.3 is 5.97 Å². The minimum atomic E-state index is -0.951. The summed E-state index contributed by atoms with van der Waals surface area (Å²) in [5, 5.41) is 12.3. The number of carboxylic acid groups (broad SMARTS) is 1. The number of nitrogens with zero attached hydrogens (tertiary/aromatic N) is 1. The molecule has 2 rings (SSSR count). The van der Waals surface area contributed by atoms with Crippen LogP contribution in [-0.4, -0.2) is 16.1 Å². The van der Waals surface area contributed by atoms with Crippen LogP contribution in [0.4, 0.5) is 11.4 Å². The van der Waals surface area contributed by atoms with Gasteiger partial charge in [-0.1, -0.05) is 11.6 Å². The van der Waals surface area contributed by atoms with Gasteiger partial charge in [0.1, 0.15) is 4.60 Å². The molecule has 1 aromatic carbocycles. The van der Waals surface area contributed by atoms with Crippen molar-refractivity contribution < 1.29 is 9.90 Å². The Balaban J connectivity index is 2.37. The van der Waals surface area contributed by atoms with Crippen molar-refractivity contribution in [2.45, 2.75) is 13.8 Å². The molecular weight excluding hydrogens is 308 g/mol. The van der Waals surface area contributed by atoms with Gasteiger partial charge in [-0.15, -0.1) is 0 Å². The lowest BCUT2D eigenvalue weighted by Gasteiger charge is -2.11. The number of aromatic nitrogens is 1. The van der Waals surface area contributed by atoms with E-state index in [4.69, 9.17) is 0 Å². The van der Waals surface area contributed by atoms with Gasteiger partial charge in [0.05, 0.1) is 23.1 Å². The van der Waals surface area contributed by atoms with Gasteiger partial charge in [-0.25, -0.2) is 9.78 Å². The highest BCUT2D eigenvalue weighted by atomic mass is 79.9. The molecule has 0 amide bonds. The molecule has 0 radical (unpaired) electrons. The zero-order valence-corrected chi connectivity index (χ0v) is 12.2. The fraction of sp³-hybridized carbons (Fsp3) is 0.143. The van der Waals surface area contributed by atoms with E-state index in [1.807, 2.05) is 26.0 Å². The van der Waals surface area contributed by atoms with Gasteiger partial charge < -0.3 is 10.4 Å².